The van der Waals surface area contributed by atoms with E-state index in [1.165, 1.54) is 36.8 Å². The van der Waals surface area contributed by atoms with E-state index in [4.69, 9.17) is 5.11 Å². The number of H-pyrrole nitrogens is 1. The summed E-state index contributed by atoms with van der Waals surface area (Å²) in [7, 11) is 0. The zero-order chi connectivity index (χ0) is 16.1. The largest absolute Gasteiger partial charge is 0.480 e. The van der Waals surface area contributed by atoms with Gasteiger partial charge < -0.3 is 20.5 Å². The number of nitrogens with one attached hydrogen (secondary N) is 2. The summed E-state index contributed by atoms with van der Waals surface area (Å²) < 4.78 is 0. The molecule has 0 aliphatic heterocycles. The van der Waals surface area contributed by atoms with Crippen molar-refractivity contribution in [2.24, 2.45) is 0 Å². The summed E-state index contributed by atoms with van der Waals surface area (Å²) >= 11 is 0. The highest BCUT2D eigenvalue weighted by Gasteiger charge is 2.24. The molecule has 0 bridgehead atoms. The molecule has 0 aliphatic carbocycles. The number of carbonyl (C=O) groups excluding carboxylic acids is 1. The van der Waals surface area contributed by atoms with Gasteiger partial charge in [-0.05, 0) is 12.1 Å². The minimum Gasteiger partial charge on any atom is -0.480 e. The highest BCUT2D eigenvalue weighted by Crippen LogP contribution is 2.10. The van der Waals surface area contributed by atoms with Crippen LogP contribution in [0.3, 0.4) is 0 Å². The topological polar surface area (TPSA) is 132 Å². The van der Waals surface area contributed by atoms with E-state index < -0.39 is 23.9 Å². The number of carboxylic acids is 2. The molecule has 0 radical (unpaired) electrons. The van der Waals surface area contributed by atoms with Crippen LogP contribution in [0.4, 0.5) is 0 Å². The maximum atomic E-state index is 12.1. The summed E-state index contributed by atoms with van der Waals surface area (Å²) in [5.41, 5.74) is 0.260. The number of aromatic amines is 1. The number of amides is 1. The Bertz CT molecular complexity index is 696. The molecule has 0 saturated heterocycles. The number of benzene rings is 1. The molecule has 4 N–H and O–H groups in total. The lowest BCUT2D eigenvalue weighted by atomic mass is 10.1. The molecule has 1 aromatic carbocycles. The Morgan fingerprint density at radius 1 is 1.18 bits per heavy atom. The van der Waals surface area contributed by atoms with Gasteiger partial charge in [0.15, 0.2) is 0 Å². The van der Waals surface area contributed by atoms with Crippen LogP contribution in [0.1, 0.15) is 26.4 Å². The number of rotatable bonds is 6. The molecule has 8 heteroatoms. The standard InChI is InChI=1S/C14H13N3O5/c18-12(9-3-1-2-4-10(9)13(19)20)17-11(14(21)22)5-8-6-15-7-16-8/h1-4,6-7,11H,5H2,(H,15,16)(H,17,18)(H,19,20)(H,21,22). The van der Waals surface area contributed by atoms with Crippen LogP contribution in [0.5, 0.6) is 0 Å². The number of aromatic carboxylic acids is 1. The van der Waals surface area contributed by atoms with Crippen molar-refractivity contribution in [1.82, 2.24) is 15.3 Å². The third-order valence-electron chi connectivity index (χ3n) is 2.98. The maximum Gasteiger partial charge on any atom is 0.336 e. The van der Waals surface area contributed by atoms with Crippen LogP contribution in [0.2, 0.25) is 0 Å². The molecule has 1 amide bonds. The summed E-state index contributed by atoms with van der Waals surface area (Å²) in [5, 5.41) is 20.6. The van der Waals surface area contributed by atoms with E-state index in [0.717, 1.165) is 0 Å². The molecule has 22 heavy (non-hydrogen) atoms. The fourth-order valence-electron chi connectivity index (χ4n) is 1.92. The predicted molar refractivity (Wildman–Crippen MR) is 74.6 cm³/mol. The summed E-state index contributed by atoms with van der Waals surface area (Å²) in [5.74, 6) is -3.24. The predicted octanol–water partition coefficient (Wildman–Crippen LogP) is 0.534. The Morgan fingerprint density at radius 2 is 1.86 bits per heavy atom. The van der Waals surface area contributed by atoms with Gasteiger partial charge in [0.05, 0.1) is 17.5 Å². The lowest BCUT2D eigenvalue weighted by molar-refractivity contribution is -0.139. The summed E-state index contributed by atoms with van der Waals surface area (Å²) in [6, 6.07) is 4.40. The minimum absolute atomic E-state index is 0.0102. The fraction of sp³-hybridized carbons (Fsp3) is 0.143. The quantitative estimate of drug-likeness (QED) is 0.615. The molecule has 0 saturated carbocycles. The second kappa shape index (κ2) is 6.53. The van der Waals surface area contributed by atoms with E-state index in [2.05, 4.69) is 15.3 Å². The van der Waals surface area contributed by atoms with Gasteiger partial charge in [0, 0.05) is 18.3 Å². The zero-order valence-electron chi connectivity index (χ0n) is 11.3. The van der Waals surface area contributed by atoms with Crippen molar-refractivity contribution in [3.05, 3.63) is 53.6 Å². The van der Waals surface area contributed by atoms with Crippen LogP contribution in [0.25, 0.3) is 0 Å². The van der Waals surface area contributed by atoms with Gasteiger partial charge in [-0.25, -0.2) is 14.6 Å². The van der Waals surface area contributed by atoms with Crippen LogP contribution in [0, 0.1) is 0 Å². The van der Waals surface area contributed by atoms with Crippen molar-refractivity contribution in [2.75, 3.05) is 0 Å². The number of nitrogens with zero attached hydrogens (tertiary/aromatic N) is 1. The van der Waals surface area contributed by atoms with Crippen LogP contribution in [0.15, 0.2) is 36.8 Å². The first-order valence-electron chi connectivity index (χ1n) is 6.32. The molecule has 0 fully saturated rings. The Morgan fingerprint density at radius 3 is 2.41 bits per heavy atom. The van der Waals surface area contributed by atoms with Gasteiger partial charge in [0.2, 0.25) is 0 Å². The molecule has 0 aliphatic rings. The second-order valence-electron chi connectivity index (χ2n) is 4.50. The monoisotopic (exact) mass is 303 g/mol. The van der Waals surface area contributed by atoms with Crippen molar-refractivity contribution in [1.29, 1.82) is 0 Å². The lowest BCUT2D eigenvalue weighted by Crippen LogP contribution is -2.42. The van der Waals surface area contributed by atoms with Gasteiger partial charge in [-0.3, -0.25) is 4.79 Å². The van der Waals surface area contributed by atoms with Gasteiger partial charge in [0.25, 0.3) is 5.91 Å². The first kappa shape index (κ1) is 15.2. The van der Waals surface area contributed by atoms with E-state index in [-0.39, 0.29) is 17.5 Å². The lowest BCUT2D eigenvalue weighted by Gasteiger charge is -2.14. The molecule has 1 unspecified atom stereocenters. The fourth-order valence-corrected chi connectivity index (χ4v) is 1.92. The Kier molecular flexibility index (Phi) is 4.52. The molecule has 2 aromatic rings. The summed E-state index contributed by atoms with van der Waals surface area (Å²) in [4.78, 5) is 41.0. The van der Waals surface area contributed by atoms with Crippen LogP contribution >= 0.6 is 0 Å². The van der Waals surface area contributed by atoms with Gasteiger partial charge in [-0.15, -0.1) is 0 Å². The molecule has 0 spiro atoms. The van der Waals surface area contributed by atoms with Crippen LogP contribution in [-0.4, -0.2) is 44.1 Å². The van der Waals surface area contributed by atoms with Crippen molar-refractivity contribution in [3.8, 4) is 0 Å². The average Bonchev–Trinajstić information content (AvgIpc) is 2.99. The number of aliphatic carboxylic acids is 1. The van der Waals surface area contributed by atoms with Crippen molar-refractivity contribution >= 4 is 17.8 Å². The number of aromatic nitrogens is 2. The van der Waals surface area contributed by atoms with Crippen LogP contribution < -0.4 is 5.32 Å². The number of hydrogen-bond donors (Lipinski definition) is 4. The van der Waals surface area contributed by atoms with Gasteiger partial charge in [-0.2, -0.15) is 0 Å². The van der Waals surface area contributed by atoms with E-state index in [9.17, 15) is 19.5 Å². The highest BCUT2D eigenvalue weighted by molar-refractivity contribution is 6.05. The Balaban J connectivity index is 2.18. The smallest absolute Gasteiger partial charge is 0.336 e. The summed E-state index contributed by atoms with van der Waals surface area (Å²) in [6.07, 6.45) is 2.86. The first-order valence-corrected chi connectivity index (χ1v) is 6.32. The van der Waals surface area contributed by atoms with E-state index >= 15 is 0 Å². The van der Waals surface area contributed by atoms with E-state index in [0.29, 0.717) is 5.69 Å². The van der Waals surface area contributed by atoms with Crippen molar-refractivity contribution < 1.29 is 24.6 Å². The molecule has 1 heterocycles. The number of hydrogen-bond acceptors (Lipinski definition) is 4. The highest BCUT2D eigenvalue weighted by atomic mass is 16.4. The van der Waals surface area contributed by atoms with Crippen molar-refractivity contribution in [3.63, 3.8) is 0 Å². The normalized spacial score (nSPS) is 11.6. The van der Waals surface area contributed by atoms with E-state index in [1.807, 2.05) is 0 Å². The molecule has 1 atom stereocenters. The second-order valence-corrected chi connectivity index (χ2v) is 4.50. The third kappa shape index (κ3) is 3.48. The number of imidazole rings is 1. The molecule has 114 valence electrons. The Hall–Kier alpha value is -3.16. The average molecular weight is 303 g/mol. The SMILES string of the molecule is O=C(O)c1ccccc1C(=O)NC(Cc1cnc[nH]1)C(=O)O. The zero-order valence-corrected chi connectivity index (χ0v) is 11.3. The van der Waals surface area contributed by atoms with Gasteiger partial charge in [0.1, 0.15) is 6.04 Å². The molecule has 1 aromatic heterocycles. The van der Waals surface area contributed by atoms with Crippen molar-refractivity contribution in [2.45, 2.75) is 12.5 Å². The Labute approximate surface area is 124 Å². The number of carboxylic acid groups (broad SMARTS) is 2. The van der Waals surface area contributed by atoms with Gasteiger partial charge >= 0.3 is 11.9 Å². The molecule has 8 nitrogen and oxygen atoms in total. The molecular formula is C14H13N3O5. The summed E-state index contributed by atoms with van der Waals surface area (Å²) in [6.45, 7) is 0. The molecule has 2 rings (SSSR count). The minimum atomic E-state index is -1.26. The molecular weight excluding hydrogens is 290 g/mol. The first-order chi connectivity index (χ1) is 10.5. The van der Waals surface area contributed by atoms with Gasteiger partial charge in [-0.1, -0.05) is 12.1 Å². The number of carbonyl (C=O) groups is 3. The maximum absolute atomic E-state index is 12.1. The van der Waals surface area contributed by atoms with Crippen LogP contribution in [-0.2, 0) is 11.2 Å². The van der Waals surface area contributed by atoms with E-state index in [1.54, 1.807) is 0 Å². The third-order valence-corrected chi connectivity index (χ3v) is 2.98.